The molecule has 6 aromatic carbocycles. The highest BCUT2D eigenvalue weighted by atomic mass is 15.1. The van der Waals surface area contributed by atoms with Crippen molar-refractivity contribution in [2.45, 2.75) is 24.3 Å². The molecule has 3 nitrogen and oxygen atoms in total. The third-order valence-electron chi connectivity index (χ3n) is 10.6. The van der Waals surface area contributed by atoms with Crippen LogP contribution < -0.4 is 16.4 Å². The third-order valence-corrected chi connectivity index (χ3v) is 10.6. The van der Waals surface area contributed by atoms with Crippen molar-refractivity contribution < 1.29 is 0 Å². The maximum atomic E-state index is 6.72. The Balaban J connectivity index is 1.36. The molecule has 0 amide bonds. The van der Waals surface area contributed by atoms with Gasteiger partial charge in [-0.2, -0.15) is 0 Å². The number of nitrogen functional groups attached to an aromatic ring is 1. The van der Waals surface area contributed by atoms with E-state index >= 15 is 0 Å². The number of hydrogen-bond donors (Lipinski definition) is 2. The zero-order valence-electron chi connectivity index (χ0n) is 27.4. The highest BCUT2D eigenvalue weighted by Crippen LogP contribution is 2.63. The van der Waals surface area contributed by atoms with Crippen molar-refractivity contribution in [2.24, 2.45) is 5.73 Å². The molecule has 49 heavy (non-hydrogen) atoms. The van der Waals surface area contributed by atoms with Gasteiger partial charge in [-0.25, -0.2) is 0 Å². The minimum absolute atomic E-state index is 0.0730. The van der Waals surface area contributed by atoms with E-state index in [1.165, 1.54) is 50.1 Å². The van der Waals surface area contributed by atoms with Gasteiger partial charge in [0, 0.05) is 40.1 Å². The van der Waals surface area contributed by atoms with Crippen molar-refractivity contribution in [2.75, 3.05) is 10.6 Å². The number of para-hydroxylation sites is 2. The number of nitrogens with zero attached hydrogens (tertiary/aromatic N) is 1. The number of aryl methyl sites for hydroxylation is 1. The molecule has 3 unspecified atom stereocenters. The van der Waals surface area contributed by atoms with Crippen molar-refractivity contribution in [1.82, 2.24) is 0 Å². The van der Waals surface area contributed by atoms with Crippen molar-refractivity contribution >= 4 is 28.3 Å². The average molecular weight is 632 g/mol. The van der Waals surface area contributed by atoms with Gasteiger partial charge in [0.2, 0.25) is 0 Å². The molecule has 4 N–H and O–H groups in total. The molecular weight excluding hydrogens is 595 g/mol. The maximum Gasteiger partial charge on any atom is 0.0682 e. The van der Waals surface area contributed by atoms with Crippen LogP contribution in [0.4, 0.5) is 22.7 Å². The molecule has 3 aliphatic rings. The zero-order valence-corrected chi connectivity index (χ0v) is 27.4. The fraction of sp³-hybridized carbons (Fsp3) is 0.0870. The van der Waals surface area contributed by atoms with Crippen LogP contribution in [-0.4, -0.2) is 6.04 Å². The lowest BCUT2D eigenvalue weighted by atomic mass is 9.72. The van der Waals surface area contributed by atoms with Crippen LogP contribution in [0.15, 0.2) is 170 Å². The Morgan fingerprint density at radius 3 is 2.10 bits per heavy atom. The van der Waals surface area contributed by atoms with Crippen LogP contribution in [0.3, 0.4) is 0 Å². The Morgan fingerprint density at radius 1 is 0.592 bits per heavy atom. The van der Waals surface area contributed by atoms with Gasteiger partial charge in [-0.1, -0.05) is 134 Å². The molecule has 0 bridgehead atoms. The number of hydrogen-bond acceptors (Lipinski definition) is 3. The van der Waals surface area contributed by atoms with E-state index in [2.05, 4.69) is 164 Å². The molecule has 236 valence electrons. The molecule has 0 saturated carbocycles. The Labute approximate surface area is 288 Å². The van der Waals surface area contributed by atoms with Crippen LogP contribution in [0.5, 0.6) is 0 Å². The molecule has 3 heteroatoms. The Kier molecular flexibility index (Phi) is 6.79. The van der Waals surface area contributed by atoms with Crippen molar-refractivity contribution in [3.63, 3.8) is 0 Å². The van der Waals surface area contributed by atoms with Crippen LogP contribution in [0.1, 0.15) is 44.9 Å². The van der Waals surface area contributed by atoms with Gasteiger partial charge in [0.05, 0.1) is 11.1 Å². The van der Waals surface area contributed by atoms with E-state index in [9.17, 15) is 0 Å². The van der Waals surface area contributed by atoms with E-state index in [4.69, 9.17) is 11.5 Å². The van der Waals surface area contributed by atoms with Gasteiger partial charge in [0.25, 0.3) is 0 Å². The van der Waals surface area contributed by atoms with Gasteiger partial charge in [0.15, 0.2) is 0 Å². The highest BCUT2D eigenvalue weighted by Gasteiger charge is 2.50. The fourth-order valence-electron chi connectivity index (χ4n) is 8.55. The largest absolute Gasteiger partial charge is 0.398 e. The van der Waals surface area contributed by atoms with Gasteiger partial charge in [-0.15, -0.1) is 0 Å². The first kappa shape index (κ1) is 29.3. The molecule has 3 aliphatic carbocycles. The second kappa shape index (κ2) is 11.4. The molecule has 0 aromatic heterocycles. The van der Waals surface area contributed by atoms with E-state index < -0.39 is 5.41 Å². The van der Waals surface area contributed by atoms with Gasteiger partial charge in [0.1, 0.15) is 0 Å². The molecule has 9 rings (SSSR count). The lowest BCUT2D eigenvalue weighted by Gasteiger charge is -2.35. The number of fused-ring (bicyclic) bond motifs is 7. The second-order valence-corrected chi connectivity index (χ2v) is 13.3. The van der Waals surface area contributed by atoms with Gasteiger partial charge >= 0.3 is 0 Å². The van der Waals surface area contributed by atoms with E-state index in [-0.39, 0.29) is 12.0 Å². The summed E-state index contributed by atoms with van der Waals surface area (Å²) in [6.07, 6.45) is 10.9. The first-order valence-corrected chi connectivity index (χ1v) is 17.0. The predicted molar refractivity (Wildman–Crippen MR) is 205 cm³/mol. The summed E-state index contributed by atoms with van der Waals surface area (Å²) in [5, 5.41) is 0. The van der Waals surface area contributed by atoms with Crippen LogP contribution in [-0.2, 0) is 5.41 Å². The molecular formula is C46H37N3. The molecule has 1 spiro atoms. The van der Waals surface area contributed by atoms with Crippen molar-refractivity contribution in [1.29, 1.82) is 0 Å². The predicted octanol–water partition coefficient (Wildman–Crippen LogP) is 10.3. The maximum absolute atomic E-state index is 6.72. The lowest BCUT2D eigenvalue weighted by Crippen LogP contribution is -2.27. The van der Waals surface area contributed by atoms with E-state index in [0.717, 1.165) is 28.3 Å². The minimum Gasteiger partial charge on any atom is -0.398 e. The lowest BCUT2D eigenvalue weighted by molar-refractivity contribution is 0.713. The van der Waals surface area contributed by atoms with E-state index in [0.29, 0.717) is 0 Å². The van der Waals surface area contributed by atoms with Crippen LogP contribution in [0, 0.1) is 6.92 Å². The molecule has 0 radical (unpaired) electrons. The Bertz CT molecular complexity index is 2350. The zero-order chi connectivity index (χ0) is 33.1. The third kappa shape index (κ3) is 4.40. The summed E-state index contributed by atoms with van der Waals surface area (Å²) in [5.41, 5.74) is 29.3. The summed E-state index contributed by atoms with van der Waals surface area (Å²) >= 11 is 0. The van der Waals surface area contributed by atoms with Gasteiger partial charge in [-0.3, -0.25) is 0 Å². The fourth-order valence-corrected chi connectivity index (χ4v) is 8.55. The summed E-state index contributed by atoms with van der Waals surface area (Å²) < 4.78 is 0. The van der Waals surface area contributed by atoms with Crippen LogP contribution >= 0.6 is 0 Å². The minimum atomic E-state index is -0.537. The van der Waals surface area contributed by atoms with Crippen LogP contribution in [0.2, 0.25) is 0 Å². The molecule has 6 aromatic rings. The van der Waals surface area contributed by atoms with Crippen LogP contribution in [0.25, 0.3) is 16.7 Å². The molecule has 3 atom stereocenters. The van der Waals surface area contributed by atoms with E-state index in [1.807, 2.05) is 18.2 Å². The summed E-state index contributed by atoms with van der Waals surface area (Å²) in [6, 6.07) is 50.3. The smallest absolute Gasteiger partial charge is 0.0682 e. The standard InChI is InChI=1S/C46H37N3/c1-30-14-11-22-38-39(36-21-7-10-26-42(36)48)29-46(44(30)38)40-24-8-5-20-35(40)37-23-13-27-43(45(37)46)49(32-16-3-2-4-17-32)33-18-12-15-31(28-33)34-19-6-9-25-41(34)47/h2-29,34,41H,47-48H2,1H3. The van der Waals surface area contributed by atoms with Gasteiger partial charge in [-0.05, 0) is 87.8 Å². The number of nitrogens with two attached hydrogens (primary N) is 2. The second-order valence-electron chi connectivity index (χ2n) is 13.3. The molecule has 0 heterocycles. The summed E-state index contributed by atoms with van der Waals surface area (Å²) in [4.78, 5) is 2.44. The first-order chi connectivity index (χ1) is 24.1. The number of allylic oxidation sites excluding steroid dienone is 3. The monoisotopic (exact) mass is 631 g/mol. The first-order valence-electron chi connectivity index (χ1n) is 17.0. The number of anilines is 4. The number of benzene rings is 6. The summed E-state index contributed by atoms with van der Waals surface area (Å²) in [5.74, 6) is 0.103. The Morgan fingerprint density at radius 2 is 1.27 bits per heavy atom. The normalized spacial score (nSPS) is 19.8. The summed E-state index contributed by atoms with van der Waals surface area (Å²) in [7, 11) is 0. The quantitative estimate of drug-likeness (QED) is 0.186. The highest BCUT2D eigenvalue weighted by molar-refractivity contribution is 6.01. The van der Waals surface area contributed by atoms with Crippen molar-refractivity contribution in [3.8, 4) is 11.1 Å². The van der Waals surface area contributed by atoms with Gasteiger partial charge < -0.3 is 16.4 Å². The molecule has 0 saturated heterocycles. The van der Waals surface area contributed by atoms with E-state index in [1.54, 1.807) is 0 Å². The Hall–Kier alpha value is -5.90. The molecule has 0 aliphatic heterocycles. The SMILES string of the molecule is Cc1cccc2c1C1(C=C2c2ccccc2N)c2ccccc2-c2cccc(N(c3ccccc3)c3cccc(C4C=CC=CC4N)c3)c21. The molecule has 0 fully saturated rings. The average Bonchev–Trinajstić information content (AvgIpc) is 3.63. The topological polar surface area (TPSA) is 55.3 Å². The van der Waals surface area contributed by atoms with Crippen molar-refractivity contribution in [3.05, 3.63) is 209 Å². The summed E-state index contributed by atoms with van der Waals surface area (Å²) in [6.45, 7) is 2.25. The number of rotatable bonds is 5.